The van der Waals surface area contributed by atoms with E-state index in [4.69, 9.17) is 15.2 Å². The molecule has 2 aliphatic heterocycles. The maximum absolute atomic E-state index is 13.2. The Morgan fingerprint density at radius 2 is 2.00 bits per heavy atom. The zero-order valence-corrected chi connectivity index (χ0v) is 17.4. The number of nitrogens with one attached hydrogen (secondary N) is 1. The molecule has 12 heteroatoms. The minimum Gasteiger partial charge on any atom is -0.454 e. The molecule has 4 rings (SSSR count). The molecule has 0 saturated carbocycles. The predicted octanol–water partition coefficient (Wildman–Crippen LogP) is 0.0245. The summed E-state index contributed by atoms with van der Waals surface area (Å²) in [6.45, 7) is 0.476. The molecule has 0 spiro atoms. The van der Waals surface area contributed by atoms with E-state index < -0.39 is 28.0 Å². The Labute approximate surface area is 177 Å². The summed E-state index contributed by atoms with van der Waals surface area (Å²) < 4.78 is 37.9. The highest BCUT2D eigenvalue weighted by Crippen LogP contribution is 2.34. The molecule has 0 bridgehead atoms. The number of nitrogens with zero attached hydrogens (tertiary/aromatic N) is 2. The van der Waals surface area contributed by atoms with Gasteiger partial charge in [0.2, 0.25) is 6.79 Å². The van der Waals surface area contributed by atoms with Crippen molar-refractivity contribution in [3.8, 4) is 11.5 Å². The van der Waals surface area contributed by atoms with Crippen molar-refractivity contribution >= 4 is 33.2 Å². The molecule has 2 aliphatic rings. The first-order chi connectivity index (χ1) is 14.4. The molecule has 2 aromatic rings. The molecule has 10 nitrogen and oxygen atoms in total. The van der Waals surface area contributed by atoms with Gasteiger partial charge in [0.25, 0.3) is 21.8 Å². The fourth-order valence-electron chi connectivity index (χ4n) is 3.35. The molecule has 1 atom stereocenters. The van der Waals surface area contributed by atoms with Crippen LogP contribution in [0.4, 0.5) is 0 Å². The van der Waals surface area contributed by atoms with Crippen LogP contribution in [-0.2, 0) is 14.8 Å². The lowest BCUT2D eigenvalue weighted by molar-refractivity contribution is -0.127. The maximum Gasteiger partial charge on any atom is 0.259 e. The van der Waals surface area contributed by atoms with Gasteiger partial charge >= 0.3 is 0 Å². The summed E-state index contributed by atoms with van der Waals surface area (Å²) in [5, 5.41) is 4.24. The standard InChI is InChI=1S/C18H20N4O6S2/c19-5-6-20-16(23)17-21(7-8-22(17)30(25,26)15-2-1-9-29-15)18(24)12-3-4-13-14(10-12)28-11-27-13/h1-4,9-10,17H,5-8,11,19H2,(H,20,23). The quantitative estimate of drug-likeness (QED) is 0.632. The topological polar surface area (TPSA) is 131 Å². The fraction of sp³-hybridized carbons (Fsp3) is 0.333. The van der Waals surface area contributed by atoms with Crippen molar-refractivity contribution < 1.29 is 27.5 Å². The number of rotatable bonds is 6. The lowest BCUT2D eigenvalue weighted by atomic mass is 10.1. The third-order valence-corrected chi connectivity index (χ3v) is 7.97. The molecular weight excluding hydrogens is 432 g/mol. The largest absolute Gasteiger partial charge is 0.454 e. The van der Waals surface area contributed by atoms with E-state index in [9.17, 15) is 18.0 Å². The van der Waals surface area contributed by atoms with Crippen LogP contribution in [0.2, 0.25) is 0 Å². The molecule has 3 heterocycles. The van der Waals surface area contributed by atoms with Crippen LogP contribution in [0.25, 0.3) is 0 Å². The number of fused-ring (bicyclic) bond motifs is 1. The Morgan fingerprint density at radius 3 is 2.73 bits per heavy atom. The molecular formula is C18H20N4O6S2. The van der Waals surface area contributed by atoms with Gasteiger partial charge < -0.3 is 25.4 Å². The predicted molar refractivity (Wildman–Crippen MR) is 108 cm³/mol. The number of benzene rings is 1. The Morgan fingerprint density at radius 1 is 1.20 bits per heavy atom. The van der Waals surface area contributed by atoms with E-state index in [1.54, 1.807) is 23.6 Å². The minimum absolute atomic E-state index is 0.00274. The van der Waals surface area contributed by atoms with E-state index in [1.807, 2.05) is 0 Å². The molecule has 1 fully saturated rings. The molecule has 1 saturated heterocycles. The van der Waals surface area contributed by atoms with Gasteiger partial charge in [0.1, 0.15) is 4.21 Å². The monoisotopic (exact) mass is 452 g/mol. The second-order valence-electron chi connectivity index (χ2n) is 6.57. The minimum atomic E-state index is -3.95. The van der Waals surface area contributed by atoms with Crippen molar-refractivity contribution in [3.05, 3.63) is 41.3 Å². The third-order valence-electron chi connectivity index (χ3n) is 4.75. The molecule has 2 amide bonds. The Balaban J connectivity index is 1.66. The van der Waals surface area contributed by atoms with Crippen molar-refractivity contribution in [2.45, 2.75) is 10.4 Å². The van der Waals surface area contributed by atoms with Gasteiger partial charge in [-0.2, -0.15) is 4.31 Å². The van der Waals surface area contributed by atoms with E-state index in [0.717, 1.165) is 15.6 Å². The number of carbonyl (C=O) groups is 2. The normalized spacial score (nSPS) is 18.6. The Bertz CT molecular complexity index is 1060. The maximum atomic E-state index is 13.2. The fourth-order valence-corrected chi connectivity index (χ4v) is 6.02. The van der Waals surface area contributed by atoms with Crippen LogP contribution in [0.5, 0.6) is 11.5 Å². The number of hydrogen-bond acceptors (Lipinski definition) is 8. The highest BCUT2D eigenvalue weighted by atomic mass is 32.2. The first-order valence-electron chi connectivity index (χ1n) is 9.17. The molecule has 160 valence electrons. The Kier molecular flexibility index (Phi) is 5.64. The van der Waals surface area contributed by atoms with Gasteiger partial charge in [-0.15, -0.1) is 11.3 Å². The average Bonchev–Trinajstić information content (AvgIpc) is 3.50. The van der Waals surface area contributed by atoms with Gasteiger partial charge in [-0.05, 0) is 29.6 Å². The number of sulfonamides is 1. The van der Waals surface area contributed by atoms with Crippen LogP contribution in [0.15, 0.2) is 39.9 Å². The number of carbonyl (C=O) groups excluding carboxylic acids is 2. The van der Waals surface area contributed by atoms with Crippen molar-refractivity contribution in [1.29, 1.82) is 0 Å². The lowest BCUT2D eigenvalue weighted by Crippen LogP contribution is -2.54. The number of ether oxygens (including phenoxy) is 2. The van der Waals surface area contributed by atoms with E-state index in [2.05, 4.69) is 5.32 Å². The van der Waals surface area contributed by atoms with Crippen LogP contribution < -0.4 is 20.5 Å². The van der Waals surface area contributed by atoms with E-state index in [-0.39, 0.29) is 42.7 Å². The zero-order valence-electron chi connectivity index (χ0n) is 15.8. The third kappa shape index (κ3) is 3.62. The average molecular weight is 453 g/mol. The molecule has 0 aliphatic carbocycles. The summed E-state index contributed by atoms with van der Waals surface area (Å²) in [5.41, 5.74) is 5.73. The first-order valence-corrected chi connectivity index (χ1v) is 11.5. The first kappa shape index (κ1) is 20.6. The van der Waals surface area contributed by atoms with Gasteiger partial charge in [0, 0.05) is 31.7 Å². The van der Waals surface area contributed by atoms with Crippen LogP contribution in [0.3, 0.4) is 0 Å². The summed E-state index contributed by atoms with van der Waals surface area (Å²) >= 11 is 1.05. The summed E-state index contributed by atoms with van der Waals surface area (Å²) in [5.74, 6) is -0.142. The van der Waals surface area contributed by atoms with Crippen molar-refractivity contribution in [2.24, 2.45) is 5.73 Å². The highest BCUT2D eigenvalue weighted by molar-refractivity contribution is 7.91. The van der Waals surface area contributed by atoms with Crippen LogP contribution in [-0.4, -0.2) is 68.6 Å². The zero-order chi connectivity index (χ0) is 21.3. The van der Waals surface area contributed by atoms with Crippen molar-refractivity contribution in [3.63, 3.8) is 0 Å². The molecule has 30 heavy (non-hydrogen) atoms. The van der Waals surface area contributed by atoms with Gasteiger partial charge in [0.15, 0.2) is 17.7 Å². The number of hydrogen-bond donors (Lipinski definition) is 2. The lowest BCUT2D eigenvalue weighted by Gasteiger charge is -2.28. The van der Waals surface area contributed by atoms with Gasteiger partial charge in [0.05, 0.1) is 0 Å². The van der Waals surface area contributed by atoms with Crippen molar-refractivity contribution in [1.82, 2.24) is 14.5 Å². The van der Waals surface area contributed by atoms with Gasteiger partial charge in [-0.25, -0.2) is 8.42 Å². The summed E-state index contributed by atoms with van der Waals surface area (Å²) in [6.07, 6.45) is -1.32. The summed E-state index contributed by atoms with van der Waals surface area (Å²) in [4.78, 5) is 27.3. The van der Waals surface area contributed by atoms with Crippen molar-refractivity contribution in [2.75, 3.05) is 33.0 Å². The highest BCUT2D eigenvalue weighted by Gasteiger charge is 2.47. The summed E-state index contributed by atoms with van der Waals surface area (Å²) in [7, 11) is -3.95. The number of thiophene rings is 1. The molecule has 1 aromatic carbocycles. The van der Waals surface area contributed by atoms with Crippen LogP contribution in [0.1, 0.15) is 10.4 Å². The number of amides is 2. The van der Waals surface area contributed by atoms with Crippen LogP contribution in [0, 0.1) is 0 Å². The smallest absolute Gasteiger partial charge is 0.259 e. The molecule has 1 aromatic heterocycles. The number of nitrogens with two attached hydrogens (primary N) is 1. The van der Waals surface area contributed by atoms with E-state index >= 15 is 0 Å². The van der Waals surface area contributed by atoms with Gasteiger partial charge in [-0.1, -0.05) is 6.07 Å². The second kappa shape index (κ2) is 8.22. The SMILES string of the molecule is NCCNC(=O)C1N(C(=O)c2ccc3c(c2)OCO3)CCN1S(=O)(=O)c1cccs1. The molecule has 0 radical (unpaired) electrons. The van der Waals surface area contributed by atoms with Gasteiger partial charge in [-0.3, -0.25) is 9.59 Å². The second-order valence-corrected chi connectivity index (χ2v) is 9.63. The molecule has 3 N–H and O–H groups in total. The molecule has 1 unspecified atom stereocenters. The summed E-state index contributed by atoms with van der Waals surface area (Å²) in [6, 6.07) is 7.77. The Hall–Kier alpha value is -2.67. The van der Waals surface area contributed by atoms with E-state index in [0.29, 0.717) is 11.5 Å². The van der Waals surface area contributed by atoms with E-state index in [1.165, 1.54) is 17.0 Å². The van der Waals surface area contributed by atoms with Crippen LogP contribution >= 0.6 is 11.3 Å².